The molecule has 0 saturated carbocycles. The standard InChI is InChI=1S/C18H16Cl2N2O3/c1-10(2)18-22-14-5-4-12(8-16(14)25-18)21-17(23)9-24-15-6-3-11(19)7-13(15)20/h3-8,10H,9H2,1-2H3,(H,21,23). The fourth-order valence-electron chi connectivity index (χ4n) is 2.20. The molecule has 5 nitrogen and oxygen atoms in total. The number of ether oxygens (including phenoxy) is 1. The summed E-state index contributed by atoms with van der Waals surface area (Å²) in [6, 6.07) is 10.1. The maximum atomic E-state index is 12.1. The number of nitrogens with zero attached hydrogens (tertiary/aromatic N) is 1. The number of halogens is 2. The van der Waals surface area contributed by atoms with Crippen molar-refractivity contribution in [3.8, 4) is 5.75 Å². The van der Waals surface area contributed by atoms with Gasteiger partial charge in [0.15, 0.2) is 18.1 Å². The number of hydrogen-bond donors (Lipinski definition) is 1. The van der Waals surface area contributed by atoms with Crippen LogP contribution < -0.4 is 10.1 Å². The Hall–Kier alpha value is -2.24. The Bertz CT molecular complexity index is 922. The van der Waals surface area contributed by atoms with E-state index in [1.165, 1.54) is 0 Å². The number of amides is 1. The summed E-state index contributed by atoms with van der Waals surface area (Å²) in [5.41, 5.74) is 1.99. The number of aromatic nitrogens is 1. The zero-order chi connectivity index (χ0) is 18.0. The Balaban J connectivity index is 1.65. The van der Waals surface area contributed by atoms with Crippen LogP contribution in [0.5, 0.6) is 5.75 Å². The second-order valence-electron chi connectivity index (χ2n) is 5.80. The van der Waals surface area contributed by atoms with Gasteiger partial charge in [0.05, 0.1) is 5.02 Å². The van der Waals surface area contributed by atoms with Crippen molar-refractivity contribution in [1.82, 2.24) is 4.98 Å². The molecule has 1 amide bonds. The molecule has 0 aliphatic carbocycles. The molecule has 0 unspecified atom stereocenters. The highest BCUT2D eigenvalue weighted by atomic mass is 35.5. The van der Waals surface area contributed by atoms with E-state index in [4.69, 9.17) is 32.4 Å². The maximum absolute atomic E-state index is 12.1. The van der Waals surface area contributed by atoms with E-state index in [-0.39, 0.29) is 18.4 Å². The van der Waals surface area contributed by atoms with Gasteiger partial charge < -0.3 is 14.5 Å². The van der Waals surface area contributed by atoms with Gasteiger partial charge in [0.2, 0.25) is 0 Å². The van der Waals surface area contributed by atoms with Crippen molar-refractivity contribution in [2.75, 3.05) is 11.9 Å². The summed E-state index contributed by atoms with van der Waals surface area (Å²) in [7, 11) is 0. The molecule has 0 aliphatic heterocycles. The number of benzene rings is 2. The lowest BCUT2D eigenvalue weighted by atomic mass is 10.2. The fraction of sp³-hybridized carbons (Fsp3) is 0.222. The van der Waals surface area contributed by atoms with Gasteiger partial charge in [-0.15, -0.1) is 0 Å². The zero-order valence-corrected chi connectivity index (χ0v) is 15.2. The van der Waals surface area contributed by atoms with Gasteiger partial charge in [-0.3, -0.25) is 4.79 Å². The van der Waals surface area contributed by atoms with Crippen LogP contribution in [0.1, 0.15) is 25.7 Å². The molecule has 25 heavy (non-hydrogen) atoms. The van der Waals surface area contributed by atoms with E-state index >= 15 is 0 Å². The lowest BCUT2D eigenvalue weighted by Gasteiger charge is -2.09. The first kappa shape index (κ1) is 17.6. The fourth-order valence-corrected chi connectivity index (χ4v) is 2.66. The third kappa shape index (κ3) is 4.24. The van der Waals surface area contributed by atoms with Crippen LogP contribution in [0.25, 0.3) is 11.1 Å². The van der Waals surface area contributed by atoms with Crippen LogP contribution >= 0.6 is 23.2 Å². The largest absolute Gasteiger partial charge is 0.482 e. The van der Waals surface area contributed by atoms with Crippen molar-refractivity contribution in [2.45, 2.75) is 19.8 Å². The minimum absolute atomic E-state index is 0.174. The quantitative estimate of drug-likeness (QED) is 0.656. The van der Waals surface area contributed by atoms with Gasteiger partial charge in [-0.25, -0.2) is 4.98 Å². The van der Waals surface area contributed by atoms with Gasteiger partial charge in [0, 0.05) is 22.7 Å². The number of hydrogen-bond acceptors (Lipinski definition) is 4. The smallest absolute Gasteiger partial charge is 0.262 e. The van der Waals surface area contributed by atoms with Crippen molar-refractivity contribution < 1.29 is 13.9 Å². The molecule has 7 heteroatoms. The number of carbonyl (C=O) groups is 1. The summed E-state index contributed by atoms with van der Waals surface area (Å²) >= 11 is 11.8. The summed E-state index contributed by atoms with van der Waals surface area (Å²) in [6.07, 6.45) is 0. The average Bonchev–Trinajstić information content (AvgIpc) is 2.97. The Kier molecular flexibility index (Phi) is 5.16. The highest BCUT2D eigenvalue weighted by Gasteiger charge is 2.11. The van der Waals surface area contributed by atoms with Crippen LogP contribution in [-0.4, -0.2) is 17.5 Å². The molecule has 1 aromatic heterocycles. The summed E-state index contributed by atoms with van der Waals surface area (Å²) < 4.78 is 11.1. The van der Waals surface area contributed by atoms with E-state index in [2.05, 4.69) is 10.3 Å². The monoisotopic (exact) mass is 378 g/mol. The molecule has 0 bridgehead atoms. The molecule has 2 aromatic carbocycles. The van der Waals surface area contributed by atoms with Crippen LogP contribution in [0, 0.1) is 0 Å². The first-order chi connectivity index (χ1) is 11.9. The number of fused-ring (bicyclic) bond motifs is 1. The molecule has 0 atom stereocenters. The van der Waals surface area contributed by atoms with Gasteiger partial charge in [-0.2, -0.15) is 0 Å². The molecule has 0 aliphatic rings. The molecule has 3 aromatic rings. The summed E-state index contributed by atoms with van der Waals surface area (Å²) in [4.78, 5) is 16.5. The van der Waals surface area contributed by atoms with E-state index in [9.17, 15) is 4.79 Å². The minimum Gasteiger partial charge on any atom is -0.482 e. The van der Waals surface area contributed by atoms with Crippen LogP contribution in [0.15, 0.2) is 40.8 Å². The van der Waals surface area contributed by atoms with Gasteiger partial charge in [-0.05, 0) is 30.3 Å². The van der Waals surface area contributed by atoms with Crippen LogP contribution in [0.2, 0.25) is 10.0 Å². The highest BCUT2D eigenvalue weighted by Crippen LogP contribution is 2.27. The normalized spacial score (nSPS) is 11.1. The number of rotatable bonds is 5. The average molecular weight is 379 g/mol. The molecule has 1 heterocycles. The Morgan fingerprint density at radius 1 is 1.24 bits per heavy atom. The van der Waals surface area contributed by atoms with Crippen LogP contribution in [0.4, 0.5) is 5.69 Å². The SMILES string of the molecule is CC(C)c1nc2ccc(NC(=O)COc3ccc(Cl)cc3Cl)cc2o1. The van der Waals surface area contributed by atoms with Gasteiger partial charge in [0.25, 0.3) is 5.91 Å². The van der Waals surface area contributed by atoms with Crippen molar-refractivity contribution in [3.05, 3.63) is 52.3 Å². The van der Waals surface area contributed by atoms with Crippen molar-refractivity contribution in [3.63, 3.8) is 0 Å². The van der Waals surface area contributed by atoms with Crippen LogP contribution in [0.3, 0.4) is 0 Å². The molecule has 0 fully saturated rings. The van der Waals surface area contributed by atoms with Gasteiger partial charge >= 0.3 is 0 Å². The van der Waals surface area contributed by atoms with E-state index in [1.54, 1.807) is 36.4 Å². The number of oxazole rings is 1. The maximum Gasteiger partial charge on any atom is 0.262 e. The Morgan fingerprint density at radius 2 is 2.04 bits per heavy atom. The summed E-state index contributed by atoms with van der Waals surface area (Å²) in [5, 5.41) is 3.61. The molecule has 0 spiro atoms. The van der Waals surface area contributed by atoms with Gasteiger partial charge in [-0.1, -0.05) is 37.0 Å². The lowest BCUT2D eigenvalue weighted by molar-refractivity contribution is -0.118. The second kappa shape index (κ2) is 7.33. The number of nitrogens with one attached hydrogen (secondary N) is 1. The molecular formula is C18H16Cl2N2O3. The molecule has 130 valence electrons. The lowest BCUT2D eigenvalue weighted by Crippen LogP contribution is -2.20. The molecular weight excluding hydrogens is 363 g/mol. The first-order valence-electron chi connectivity index (χ1n) is 7.70. The first-order valence-corrected chi connectivity index (χ1v) is 8.46. The highest BCUT2D eigenvalue weighted by molar-refractivity contribution is 6.35. The topological polar surface area (TPSA) is 64.4 Å². The zero-order valence-electron chi connectivity index (χ0n) is 13.7. The molecule has 3 rings (SSSR count). The third-order valence-corrected chi connectivity index (χ3v) is 3.97. The molecule has 1 N–H and O–H groups in total. The van der Waals surface area contributed by atoms with Crippen molar-refractivity contribution >= 4 is 45.9 Å². The van der Waals surface area contributed by atoms with Gasteiger partial charge in [0.1, 0.15) is 11.3 Å². The number of carbonyl (C=O) groups excluding carboxylic acids is 1. The van der Waals surface area contributed by atoms with E-state index < -0.39 is 0 Å². The van der Waals surface area contributed by atoms with E-state index in [0.717, 1.165) is 5.52 Å². The summed E-state index contributed by atoms with van der Waals surface area (Å²) in [5.74, 6) is 0.949. The van der Waals surface area contributed by atoms with E-state index in [0.29, 0.717) is 33.0 Å². The van der Waals surface area contributed by atoms with E-state index in [1.807, 2.05) is 13.8 Å². The predicted molar refractivity (Wildman–Crippen MR) is 98.7 cm³/mol. The third-order valence-electron chi connectivity index (χ3n) is 3.44. The Labute approximate surface area is 154 Å². The number of anilines is 1. The van der Waals surface area contributed by atoms with Crippen LogP contribution in [-0.2, 0) is 4.79 Å². The predicted octanol–water partition coefficient (Wildman–Crippen LogP) is 5.28. The van der Waals surface area contributed by atoms with Crippen molar-refractivity contribution in [1.29, 1.82) is 0 Å². The minimum atomic E-state index is -0.311. The summed E-state index contributed by atoms with van der Waals surface area (Å²) in [6.45, 7) is 3.84. The second-order valence-corrected chi connectivity index (χ2v) is 6.64. The Morgan fingerprint density at radius 3 is 2.76 bits per heavy atom. The molecule has 0 radical (unpaired) electrons. The van der Waals surface area contributed by atoms with Crippen molar-refractivity contribution in [2.24, 2.45) is 0 Å². The molecule has 0 saturated heterocycles.